The molecule has 4 rings (SSSR count). The molecule has 1 atom stereocenters. The van der Waals surface area contributed by atoms with Crippen LogP contribution in [0.25, 0.3) is 0 Å². The number of hydrogen-bond donors (Lipinski definition) is 1. The highest BCUT2D eigenvalue weighted by Crippen LogP contribution is 2.32. The zero-order valence-electron chi connectivity index (χ0n) is 18.1. The number of para-hydroxylation sites is 1. The van der Waals surface area contributed by atoms with Crippen LogP contribution < -0.4 is 9.62 Å². The maximum atomic E-state index is 13.5. The van der Waals surface area contributed by atoms with E-state index in [-0.39, 0.29) is 29.0 Å². The van der Waals surface area contributed by atoms with Crippen LogP contribution in [0.3, 0.4) is 0 Å². The third kappa shape index (κ3) is 4.82. The summed E-state index contributed by atoms with van der Waals surface area (Å²) in [6.45, 7) is 3.72. The number of nitrogens with one attached hydrogen (secondary N) is 1. The Balaban J connectivity index is 1.62. The molecular formula is C26H25ClN2O3S. The molecule has 33 heavy (non-hydrogen) atoms. The number of aryl methyl sites for hydroxylation is 1. The summed E-state index contributed by atoms with van der Waals surface area (Å²) in [5, 5.41) is 3.39. The maximum Gasteiger partial charge on any atom is 0.264 e. The van der Waals surface area contributed by atoms with Crippen molar-refractivity contribution in [2.45, 2.75) is 30.2 Å². The van der Waals surface area contributed by atoms with E-state index < -0.39 is 10.0 Å². The summed E-state index contributed by atoms with van der Waals surface area (Å²) in [6.07, 6.45) is 4.33. The predicted molar refractivity (Wildman–Crippen MR) is 132 cm³/mol. The van der Waals surface area contributed by atoms with Crippen molar-refractivity contribution in [3.8, 4) is 0 Å². The number of fused-ring (bicyclic) bond motifs is 1. The Morgan fingerprint density at radius 3 is 2.64 bits per heavy atom. The number of carbonyl (C=O) groups is 1. The number of amides is 1. The molecule has 0 saturated carbocycles. The minimum absolute atomic E-state index is 0.0148. The van der Waals surface area contributed by atoms with Crippen LogP contribution in [0, 0.1) is 0 Å². The molecule has 1 amide bonds. The van der Waals surface area contributed by atoms with Crippen LogP contribution in [-0.2, 0) is 16.4 Å². The molecule has 1 N–H and O–H groups in total. The highest BCUT2D eigenvalue weighted by atomic mass is 35.5. The van der Waals surface area contributed by atoms with E-state index in [0.717, 1.165) is 24.8 Å². The summed E-state index contributed by atoms with van der Waals surface area (Å²) in [6, 6.07) is 20.8. The smallest absolute Gasteiger partial charge is 0.264 e. The summed E-state index contributed by atoms with van der Waals surface area (Å²) in [4.78, 5) is 13.1. The third-order valence-electron chi connectivity index (χ3n) is 5.78. The van der Waals surface area contributed by atoms with Gasteiger partial charge in [-0.1, -0.05) is 60.1 Å². The molecule has 170 valence electrons. The van der Waals surface area contributed by atoms with Gasteiger partial charge in [0.15, 0.2) is 0 Å². The Hall–Kier alpha value is -3.09. The van der Waals surface area contributed by atoms with Gasteiger partial charge in [0.05, 0.1) is 28.2 Å². The van der Waals surface area contributed by atoms with Gasteiger partial charge in [-0.25, -0.2) is 8.42 Å². The standard InChI is InChI=1S/C26H25ClN2O3S/c1-2-17-29(25-16-6-5-14-23(25)27)33(31,32)21-12-7-11-20(18-21)26(30)28-24-15-8-10-19-9-3-4-13-22(19)24/h2-7,9,11-14,16,18,24H,1,8,10,15,17H2,(H,28,30). The number of hydrogen-bond acceptors (Lipinski definition) is 3. The second-order valence-electron chi connectivity index (χ2n) is 7.92. The van der Waals surface area contributed by atoms with E-state index >= 15 is 0 Å². The Kier molecular flexibility index (Phi) is 6.86. The van der Waals surface area contributed by atoms with Crippen LogP contribution in [0.1, 0.15) is 40.4 Å². The summed E-state index contributed by atoms with van der Waals surface area (Å²) in [7, 11) is -3.98. The third-order valence-corrected chi connectivity index (χ3v) is 7.87. The molecule has 1 aliphatic carbocycles. The molecule has 1 unspecified atom stereocenters. The molecule has 0 aromatic heterocycles. The average Bonchev–Trinajstić information content (AvgIpc) is 2.83. The van der Waals surface area contributed by atoms with Gasteiger partial charge in [0, 0.05) is 5.56 Å². The molecule has 0 fully saturated rings. The summed E-state index contributed by atoms with van der Waals surface area (Å²) >= 11 is 6.28. The number of nitrogens with zero attached hydrogens (tertiary/aromatic N) is 1. The molecule has 0 bridgehead atoms. The van der Waals surface area contributed by atoms with Gasteiger partial charge >= 0.3 is 0 Å². The zero-order valence-corrected chi connectivity index (χ0v) is 19.6. The first-order valence-corrected chi connectivity index (χ1v) is 12.6. The molecule has 0 radical (unpaired) electrons. The highest BCUT2D eigenvalue weighted by molar-refractivity contribution is 7.92. The lowest BCUT2D eigenvalue weighted by molar-refractivity contribution is 0.0932. The Bertz CT molecular complexity index is 1290. The first kappa shape index (κ1) is 23.1. The molecule has 1 aliphatic rings. The molecule has 3 aromatic rings. The molecule has 0 aliphatic heterocycles. The number of anilines is 1. The lowest BCUT2D eigenvalue weighted by Gasteiger charge is -2.26. The van der Waals surface area contributed by atoms with Gasteiger partial charge in [0.2, 0.25) is 0 Å². The van der Waals surface area contributed by atoms with Crippen LogP contribution in [-0.4, -0.2) is 20.9 Å². The highest BCUT2D eigenvalue weighted by Gasteiger charge is 2.27. The molecule has 7 heteroatoms. The van der Waals surface area contributed by atoms with E-state index in [4.69, 9.17) is 11.6 Å². The van der Waals surface area contributed by atoms with Gasteiger partial charge < -0.3 is 5.32 Å². The van der Waals surface area contributed by atoms with Gasteiger partial charge in [0.1, 0.15) is 0 Å². The molecule has 5 nitrogen and oxygen atoms in total. The molecule has 3 aromatic carbocycles. The minimum Gasteiger partial charge on any atom is -0.345 e. The van der Waals surface area contributed by atoms with E-state index in [1.165, 1.54) is 28.1 Å². The quantitative estimate of drug-likeness (QED) is 0.452. The largest absolute Gasteiger partial charge is 0.345 e. The van der Waals surface area contributed by atoms with E-state index in [1.807, 2.05) is 18.2 Å². The van der Waals surface area contributed by atoms with Crippen molar-refractivity contribution in [1.29, 1.82) is 0 Å². The van der Waals surface area contributed by atoms with Crippen molar-refractivity contribution < 1.29 is 13.2 Å². The lowest BCUT2D eigenvalue weighted by Crippen LogP contribution is -2.32. The first-order chi connectivity index (χ1) is 15.9. The van der Waals surface area contributed by atoms with Gasteiger partial charge in [0.25, 0.3) is 15.9 Å². The van der Waals surface area contributed by atoms with Gasteiger partial charge in [-0.2, -0.15) is 0 Å². The van der Waals surface area contributed by atoms with Gasteiger partial charge in [-0.05, 0) is 60.7 Å². The first-order valence-electron chi connectivity index (χ1n) is 10.8. The van der Waals surface area contributed by atoms with Crippen LogP contribution in [0.5, 0.6) is 0 Å². The topological polar surface area (TPSA) is 66.5 Å². The molecule has 0 spiro atoms. The van der Waals surface area contributed by atoms with Crippen LogP contribution in [0.2, 0.25) is 5.02 Å². The summed E-state index contributed by atoms with van der Waals surface area (Å²) < 4.78 is 28.2. The number of sulfonamides is 1. The normalized spacial score (nSPS) is 15.4. The Labute approximate surface area is 199 Å². The van der Waals surface area contributed by atoms with Crippen molar-refractivity contribution in [3.63, 3.8) is 0 Å². The second-order valence-corrected chi connectivity index (χ2v) is 10.2. The Morgan fingerprint density at radius 1 is 1.09 bits per heavy atom. The number of benzene rings is 3. The minimum atomic E-state index is -3.98. The van der Waals surface area contributed by atoms with Crippen molar-refractivity contribution >= 4 is 33.2 Å². The van der Waals surface area contributed by atoms with E-state index in [1.54, 1.807) is 36.4 Å². The van der Waals surface area contributed by atoms with E-state index in [9.17, 15) is 13.2 Å². The maximum absolute atomic E-state index is 13.5. The molecular weight excluding hydrogens is 456 g/mol. The molecule has 0 heterocycles. The number of carbonyl (C=O) groups excluding carboxylic acids is 1. The SMILES string of the molecule is C=CCN(c1ccccc1Cl)S(=O)(=O)c1cccc(C(=O)NC2CCCc3ccccc32)c1. The van der Waals surface area contributed by atoms with Crippen LogP contribution >= 0.6 is 11.6 Å². The van der Waals surface area contributed by atoms with Crippen molar-refractivity contribution in [1.82, 2.24) is 5.32 Å². The second kappa shape index (κ2) is 9.81. The van der Waals surface area contributed by atoms with Crippen molar-refractivity contribution in [3.05, 3.63) is 107 Å². The lowest BCUT2D eigenvalue weighted by atomic mass is 9.87. The van der Waals surface area contributed by atoms with E-state index in [0.29, 0.717) is 10.7 Å². The predicted octanol–water partition coefficient (Wildman–Crippen LogP) is 5.53. The fourth-order valence-corrected chi connectivity index (χ4v) is 5.96. The monoisotopic (exact) mass is 480 g/mol. The fraction of sp³-hybridized carbons (Fsp3) is 0.192. The fourth-order valence-electron chi connectivity index (χ4n) is 4.17. The Morgan fingerprint density at radius 2 is 1.85 bits per heavy atom. The van der Waals surface area contributed by atoms with Gasteiger partial charge in [-0.15, -0.1) is 6.58 Å². The van der Waals surface area contributed by atoms with Crippen molar-refractivity contribution in [2.24, 2.45) is 0 Å². The van der Waals surface area contributed by atoms with Gasteiger partial charge in [-0.3, -0.25) is 9.10 Å². The summed E-state index contributed by atoms with van der Waals surface area (Å²) in [5.74, 6) is -0.304. The van der Waals surface area contributed by atoms with Crippen LogP contribution in [0.4, 0.5) is 5.69 Å². The van der Waals surface area contributed by atoms with Crippen molar-refractivity contribution in [2.75, 3.05) is 10.8 Å². The number of halogens is 1. The average molecular weight is 481 g/mol. The number of rotatable bonds is 7. The van der Waals surface area contributed by atoms with Crippen LogP contribution in [0.15, 0.2) is 90.3 Å². The van der Waals surface area contributed by atoms with E-state index in [2.05, 4.69) is 18.0 Å². The summed E-state index contributed by atoms with van der Waals surface area (Å²) in [5.41, 5.74) is 3.01. The molecule has 0 saturated heterocycles. The zero-order chi connectivity index (χ0) is 23.4.